The van der Waals surface area contributed by atoms with Gasteiger partial charge < -0.3 is 10.8 Å². The average molecular weight is 318 g/mol. The number of benzene rings is 2. The molecule has 0 aliphatic heterocycles. The maximum absolute atomic E-state index is 11.1. The molecule has 2 rings (SSSR count). The van der Waals surface area contributed by atoms with Crippen LogP contribution in [-0.2, 0) is 11.2 Å². The van der Waals surface area contributed by atoms with Crippen molar-refractivity contribution in [2.45, 2.75) is 22.3 Å². The van der Waals surface area contributed by atoms with Gasteiger partial charge in [0.2, 0.25) is 0 Å². The Balaban J connectivity index is 2.31. The zero-order valence-corrected chi connectivity index (χ0v) is 12.3. The number of aliphatic carboxylic acids is 1. The van der Waals surface area contributed by atoms with Gasteiger partial charge in [-0.1, -0.05) is 42.1 Å². The molecule has 0 heterocycles. The normalized spacial score (nSPS) is 11.9. The molecule has 2 aromatic carbocycles. The molecule has 7 heteroatoms. The molecule has 1 unspecified atom stereocenters. The Morgan fingerprint density at radius 1 is 1.18 bits per heavy atom. The highest BCUT2D eigenvalue weighted by atomic mass is 32.2. The van der Waals surface area contributed by atoms with E-state index in [-0.39, 0.29) is 12.1 Å². The fourth-order valence-corrected chi connectivity index (χ4v) is 2.97. The Labute approximate surface area is 131 Å². The SMILES string of the molecule is NC(Cc1ccccc1Sc1ccccc1[N+](=O)[O-])C(=O)O. The molecule has 6 nitrogen and oxygen atoms in total. The van der Waals surface area contributed by atoms with Crippen LogP contribution in [0, 0.1) is 10.1 Å². The van der Waals surface area contributed by atoms with E-state index in [9.17, 15) is 14.9 Å². The number of carboxylic acids is 1. The van der Waals surface area contributed by atoms with Crippen LogP contribution < -0.4 is 5.73 Å². The highest BCUT2D eigenvalue weighted by Crippen LogP contribution is 2.36. The lowest BCUT2D eigenvalue weighted by Crippen LogP contribution is -2.32. The van der Waals surface area contributed by atoms with E-state index in [1.807, 2.05) is 0 Å². The molecular formula is C15H14N2O4S. The van der Waals surface area contributed by atoms with Crippen LogP contribution in [0.2, 0.25) is 0 Å². The zero-order valence-electron chi connectivity index (χ0n) is 11.5. The van der Waals surface area contributed by atoms with Gasteiger partial charge in [-0.25, -0.2) is 0 Å². The van der Waals surface area contributed by atoms with Crippen molar-refractivity contribution >= 4 is 23.4 Å². The topological polar surface area (TPSA) is 106 Å². The number of carbonyl (C=O) groups is 1. The van der Waals surface area contributed by atoms with Crippen LogP contribution in [0.25, 0.3) is 0 Å². The average Bonchev–Trinajstić information content (AvgIpc) is 2.49. The number of para-hydroxylation sites is 1. The van der Waals surface area contributed by atoms with E-state index in [1.54, 1.807) is 42.5 Å². The molecule has 0 saturated carbocycles. The van der Waals surface area contributed by atoms with E-state index in [2.05, 4.69) is 0 Å². The van der Waals surface area contributed by atoms with Gasteiger partial charge in [-0.05, 0) is 24.1 Å². The number of nitro benzene ring substituents is 1. The summed E-state index contributed by atoms with van der Waals surface area (Å²) in [5, 5.41) is 20.0. The summed E-state index contributed by atoms with van der Waals surface area (Å²) < 4.78 is 0. The maximum atomic E-state index is 11.1. The second-order valence-corrected chi connectivity index (χ2v) is 5.67. The lowest BCUT2D eigenvalue weighted by atomic mass is 10.1. The molecule has 0 bridgehead atoms. The number of carboxylic acid groups (broad SMARTS) is 1. The first-order valence-electron chi connectivity index (χ1n) is 6.46. The molecule has 1 atom stereocenters. The minimum atomic E-state index is -1.08. The van der Waals surface area contributed by atoms with E-state index in [0.29, 0.717) is 4.90 Å². The molecule has 0 amide bonds. The van der Waals surface area contributed by atoms with Gasteiger partial charge in [0.1, 0.15) is 6.04 Å². The summed E-state index contributed by atoms with van der Waals surface area (Å²) in [5.74, 6) is -1.08. The van der Waals surface area contributed by atoms with Crippen molar-refractivity contribution in [1.29, 1.82) is 0 Å². The zero-order chi connectivity index (χ0) is 16.1. The van der Waals surface area contributed by atoms with Crippen LogP contribution in [0.5, 0.6) is 0 Å². The first-order chi connectivity index (χ1) is 10.5. The molecular weight excluding hydrogens is 304 g/mol. The second kappa shape index (κ2) is 7.06. The van der Waals surface area contributed by atoms with E-state index < -0.39 is 16.9 Å². The molecule has 0 saturated heterocycles. The summed E-state index contributed by atoms with van der Waals surface area (Å²) >= 11 is 1.23. The molecule has 2 aromatic rings. The van der Waals surface area contributed by atoms with E-state index in [1.165, 1.54) is 17.8 Å². The van der Waals surface area contributed by atoms with Crippen LogP contribution in [0.4, 0.5) is 5.69 Å². The van der Waals surface area contributed by atoms with Gasteiger partial charge in [0.25, 0.3) is 5.69 Å². The van der Waals surface area contributed by atoms with Crippen LogP contribution >= 0.6 is 11.8 Å². The summed E-state index contributed by atoms with van der Waals surface area (Å²) in [4.78, 5) is 22.8. The lowest BCUT2D eigenvalue weighted by Gasteiger charge is -2.11. The molecule has 0 spiro atoms. The van der Waals surface area contributed by atoms with Gasteiger partial charge >= 0.3 is 5.97 Å². The number of hydrogen-bond donors (Lipinski definition) is 2. The molecule has 22 heavy (non-hydrogen) atoms. The predicted octanol–water partition coefficient (Wildman–Crippen LogP) is 2.70. The summed E-state index contributed by atoms with van der Waals surface area (Å²) in [7, 11) is 0. The Bertz CT molecular complexity index is 705. The van der Waals surface area contributed by atoms with E-state index in [4.69, 9.17) is 10.8 Å². The Morgan fingerprint density at radius 3 is 2.41 bits per heavy atom. The minimum Gasteiger partial charge on any atom is -0.480 e. The number of nitrogens with zero attached hydrogens (tertiary/aromatic N) is 1. The smallest absolute Gasteiger partial charge is 0.320 e. The second-order valence-electron chi connectivity index (χ2n) is 4.58. The standard InChI is InChI=1S/C15H14N2O4S/c16-11(15(18)19)9-10-5-1-3-7-13(10)22-14-8-4-2-6-12(14)17(20)21/h1-8,11H,9,16H2,(H,18,19). The van der Waals surface area contributed by atoms with Crippen molar-refractivity contribution in [1.82, 2.24) is 0 Å². The van der Waals surface area contributed by atoms with Crippen LogP contribution in [-0.4, -0.2) is 22.0 Å². The quantitative estimate of drug-likeness (QED) is 0.626. The third kappa shape index (κ3) is 3.84. The number of nitrogens with two attached hydrogens (primary N) is 1. The summed E-state index contributed by atoms with van der Waals surface area (Å²) in [6.45, 7) is 0. The first-order valence-corrected chi connectivity index (χ1v) is 7.28. The largest absolute Gasteiger partial charge is 0.480 e. The van der Waals surface area contributed by atoms with Crippen molar-refractivity contribution in [2.24, 2.45) is 5.73 Å². The van der Waals surface area contributed by atoms with Crippen molar-refractivity contribution in [3.63, 3.8) is 0 Å². The predicted molar refractivity (Wildman–Crippen MR) is 83.0 cm³/mol. The Hall–Kier alpha value is -2.38. The highest BCUT2D eigenvalue weighted by molar-refractivity contribution is 7.99. The number of rotatable bonds is 6. The Morgan fingerprint density at radius 2 is 1.77 bits per heavy atom. The van der Waals surface area contributed by atoms with Crippen LogP contribution in [0.3, 0.4) is 0 Å². The summed E-state index contributed by atoms with van der Waals surface area (Å²) in [6.07, 6.45) is 0.166. The third-order valence-corrected chi connectivity index (χ3v) is 4.19. The molecule has 3 N–H and O–H groups in total. The first kappa shape index (κ1) is 16.0. The highest BCUT2D eigenvalue weighted by Gasteiger charge is 2.18. The van der Waals surface area contributed by atoms with Crippen molar-refractivity contribution in [3.05, 3.63) is 64.2 Å². The molecule has 0 radical (unpaired) electrons. The van der Waals surface area contributed by atoms with Gasteiger partial charge in [0, 0.05) is 11.0 Å². The lowest BCUT2D eigenvalue weighted by molar-refractivity contribution is -0.387. The molecule has 114 valence electrons. The fourth-order valence-electron chi connectivity index (χ4n) is 1.91. The van der Waals surface area contributed by atoms with E-state index in [0.717, 1.165) is 10.5 Å². The number of nitro groups is 1. The van der Waals surface area contributed by atoms with E-state index >= 15 is 0 Å². The van der Waals surface area contributed by atoms with Gasteiger partial charge in [0.05, 0.1) is 9.82 Å². The van der Waals surface area contributed by atoms with Crippen molar-refractivity contribution in [2.75, 3.05) is 0 Å². The third-order valence-electron chi connectivity index (χ3n) is 3.01. The van der Waals surface area contributed by atoms with Gasteiger partial charge in [-0.2, -0.15) is 0 Å². The maximum Gasteiger partial charge on any atom is 0.320 e. The van der Waals surface area contributed by atoms with Gasteiger partial charge in [-0.3, -0.25) is 14.9 Å². The van der Waals surface area contributed by atoms with Crippen LogP contribution in [0.1, 0.15) is 5.56 Å². The summed E-state index contributed by atoms with van der Waals surface area (Å²) in [5.41, 5.74) is 6.34. The number of hydrogen-bond acceptors (Lipinski definition) is 5. The Kier molecular flexibility index (Phi) is 5.13. The minimum absolute atomic E-state index is 0.0184. The fraction of sp³-hybridized carbons (Fsp3) is 0.133. The van der Waals surface area contributed by atoms with Crippen molar-refractivity contribution in [3.8, 4) is 0 Å². The molecule has 0 aliphatic carbocycles. The summed E-state index contributed by atoms with van der Waals surface area (Å²) in [6, 6.07) is 12.6. The molecule has 0 fully saturated rings. The molecule has 0 aromatic heterocycles. The van der Waals surface area contributed by atoms with Crippen LogP contribution in [0.15, 0.2) is 58.3 Å². The molecule has 0 aliphatic rings. The van der Waals surface area contributed by atoms with Gasteiger partial charge in [0.15, 0.2) is 0 Å². The van der Waals surface area contributed by atoms with Crippen molar-refractivity contribution < 1.29 is 14.8 Å². The van der Waals surface area contributed by atoms with Gasteiger partial charge in [-0.15, -0.1) is 0 Å². The monoisotopic (exact) mass is 318 g/mol.